The van der Waals surface area contributed by atoms with E-state index in [0.717, 1.165) is 41.8 Å². The summed E-state index contributed by atoms with van der Waals surface area (Å²) in [4.78, 5) is 2.48. The summed E-state index contributed by atoms with van der Waals surface area (Å²) in [6, 6.07) is 6.27. The molecule has 18 heavy (non-hydrogen) atoms. The molecule has 1 aromatic rings. The minimum atomic E-state index is 0.547. The molecule has 0 radical (unpaired) electrons. The molecule has 0 aliphatic carbocycles. The fourth-order valence-electron chi connectivity index (χ4n) is 2.51. The zero-order chi connectivity index (χ0) is 13.1. The Morgan fingerprint density at radius 2 is 2.00 bits per heavy atom. The van der Waals surface area contributed by atoms with Crippen LogP contribution in [0.3, 0.4) is 0 Å². The summed E-state index contributed by atoms with van der Waals surface area (Å²) in [6.07, 6.45) is 0. The van der Waals surface area contributed by atoms with Crippen LogP contribution < -0.4 is 5.32 Å². The van der Waals surface area contributed by atoms with Gasteiger partial charge < -0.3 is 5.32 Å². The van der Waals surface area contributed by atoms with Crippen LogP contribution in [0.2, 0.25) is 10.0 Å². The number of nitrogens with zero attached hydrogens (tertiary/aromatic N) is 1. The number of piperazine rings is 1. The van der Waals surface area contributed by atoms with E-state index >= 15 is 0 Å². The van der Waals surface area contributed by atoms with E-state index in [-0.39, 0.29) is 0 Å². The monoisotopic (exact) mass is 286 g/mol. The van der Waals surface area contributed by atoms with E-state index in [0.29, 0.717) is 12.0 Å². The van der Waals surface area contributed by atoms with Gasteiger partial charge in [0.05, 0.1) is 0 Å². The minimum absolute atomic E-state index is 0.547. The summed E-state index contributed by atoms with van der Waals surface area (Å²) in [5.41, 5.74) is 1.05. The van der Waals surface area contributed by atoms with Crippen LogP contribution in [0.5, 0.6) is 0 Å². The van der Waals surface area contributed by atoms with Crippen molar-refractivity contribution in [3.63, 3.8) is 0 Å². The van der Waals surface area contributed by atoms with E-state index in [1.54, 1.807) is 0 Å². The smallest absolute Gasteiger partial charge is 0.0465 e. The summed E-state index contributed by atoms with van der Waals surface area (Å²) >= 11 is 12.5. The maximum Gasteiger partial charge on any atom is 0.0465 e. The number of hydrogen-bond donors (Lipinski definition) is 1. The zero-order valence-electron chi connectivity index (χ0n) is 10.9. The standard InChI is InChI=1S/C14H20Cl2N2/c1-10(2)14-8-17-6-7-18(14)9-11-12(15)4-3-5-13(11)16/h3-5,10,14,17H,6-9H2,1-2H3. The summed E-state index contributed by atoms with van der Waals surface area (Å²) in [7, 11) is 0. The third-order valence-corrected chi connectivity index (χ3v) is 4.30. The Balaban J connectivity index is 2.16. The van der Waals surface area contributed by atoms with Crippen LogP contribution in [0.15, 0.2) is 18.2 Å². The normalized spacial score (nSPS) is 21.5. The number of nitrogens with one attached hydrogen (secondary N) is 1. The molecule has 1 aliphatic heterocycles. The average molecular weight is 287 g/mol. The molecule has 1 saturated heterocycles. The van der Waals surface area contributed by atoms with Crippen molar-refractivity contribution < 1.29 is 0 Å². The lowest BCUT2D eigenvalue weighted by molar-refractivity contribution is 0.117. The van der Waals surface area contributed by atoms with Crippen LogP contribution >= 0.6 is 23.2 Å². The summed E-state index contributed by atoms with van der Waals surface area (Å²) in [5, 5.41) is 4.99. The van der Waals surface area contributed by atoms with Crippen molar-refractivity contribution in [1.29, 1.82) is 0 Å². The fraction of sp³-hybridized carbons (Fsp3) is 0.571. The first-order valence-electron chi connectivity index (χ1n) is 6.47. The molecule has 4 heteroatoms. The molecule has 2 rings (SSSR count). The van der Waals surface area contributed by atoms with E-state index < -0.39 is 0 Å². The molecule has 1 aliphatic rings. The Kier molecular flexibility index (Phi) is 4.91. The lowest BCUT2D eigenvalue weighted by Gasteiger charge is -2.39. The van der Waals surface area contributed by atoms with Crippen molar-refractivity contribution in [3.8, 4) is 0 Å². The Hall–Kier alpha value is -0.280. The Bertz CT molecular complexity index is 387. The third kappa shape index (κ3) is 3.18. The number of halogens is 2. The van der Waals surface area contributed by atoms with Gasteiger partial charge in [0, 0.05) is 47.8 Å². The van der Waals surface area contributed by atoms with Crippen LogP contribution in [0.1, 0.15) is 19.4 Å². The first-order valence-corrected chi connectivity index (χ1v) is 7.23. The highest BCUT2D eigenvalue weighted by Gasteiger charge is 2.25. The lowest BCUT2D eigenvalue weighted by Crippen LogP contribution is -2.53. The Labute approximate surface area is 119 Å². The number of hydrogen-bond acceptors (Lipinski definition) is 2. The molecule has 1 aromatic carbocycles. The Morgan fingerprint density at radius 1 is 1.33 bits per heavy atom. The molecule has 2 nitrogen and oxygen atoms in total. The topological polar surface area (TPSA) is 15.3 Å². The van der Waals surface area contributed by atoms with Gasteiger partial charge in [0.1, 0.15) is 0 Å². The van der Waals surface area contributed by atoms with Gasteiger partial charge in [0.2, 0.25) is 0 Å². The summed E-state index contributed by atoms with van der Waals surface area (Å²) < 4.78 is 0. The molecule has 0 spiro atoms. The summed E-state index contributed by atoms with van der Waals surface area (Å²) in [6.45, 7) is 8.48. The predicted octanol–water partition coefficient (Wildman–Crippen LogP) is 3.42. The van der Waals surface area contributed by atoms with E-state index in [4.69, 9.17) is 23.2 Å². The van der Waals surface area contributed by atoms with Crippen LogP contribution in [-0.2, 0) is 6.54 Å². The van der Waals surface area contributed by atoms with Crippen molar-refractivity contribution in [1.82, 2.24) is 10.2 Å². The second-order valence-electron chi connectivity index (χ2n) is 5.19. The largest absolute Gasteiger partial charge is 0.314 e. The van der Waals surface area contributed by atoms with E-state index in [2.05, 4.69) is 24.1 Å². The van der Waals surface area contributed by atoms with E-state index in [1.807, 2.05) is 18.2 Å². The van der Waals surface area contributed by atoms with Crippen molar-refractivity contribution in [2.45, 2.75) is 26.4 Å². The molecule has 1 N–H and O–H groups in total. The van der Waals surface area contributed by atoms with Gasteiger partial charge in [0.25, 0.3) is 0 Å². The summed E-state index contributed by atoms with van der Waals surface area (Å²) in [5.74, 6) is 0.624. The van der Waals surface area contributed by atoms with Crippen molar-refractivity contribution in [3.05, 3.63) is 33.8 Å². The SMILES string of the molecule is CC(C)C1CNCCN1Cc1c(Cl)cccc1Cl. The van der Waals surface area contributed by atoms with Gasteiger partial charge in [-0.05, 0) is 18.1 Å². The average Bonchev–Trinajstić information content (AvgIpc) is 2.34. The number of benzene rings is 1. The van der Waals surface area contributed by atoms with Crippen molar-refractivity contribution in [2.75, 3.05) is 19.6 Å². The van der Waals surface area contributed by atoms with Crippen LogP contribution in [0.25, 0.3) is 0 Å². The van der Waals surface area contributed by atoms with Crippen LogP contribution in [0, 0.1) is 5.92 Å². The van der Waals surface area contributed by atoms with Gasteiger partial charge in [-0.15, -0.1) is 0 Å². The quantitative estimate of drug-likeness (QED) is 0.916. The highest BCUT2D eigenvalue weighted by atomic mass is 35.5. The molecule has 1 heterocycles. The zero-order valence-corrected chi connectivity index (χ0v) is 12.4. The molecular formula is C14H20Cl2N2. The molecule has 1 unspecified atom stereocenters. The lowest BCUT2D eigenvalue weighted by atomic mass is 10.00. The predicted molar refractivity (Wildman–Crippen MR) is 78.4 cm³/mol. The van der Waals surface area contributed by atoms with Gasteiger partial charge in [-0.3, -0.25) is 4.90 Å². The van der Waals surface area contributed by atoms with Crippen LogP contribution in [-0.4, -0.2) is 30.6 Å². The minimum Gasteiger partial charge on any atom is -0.314 e. The van der Waals surface area contributed by atoms with E-state index in [1.165, 1.54) is 0 Å². The molecule has 1 fully saturated rings. The molecule has 0 bridgehead atoms. The first kappa shape index (κ1) is 14.1. The van der Waals surface area contributed by atoms with Gasteiger partial charge in [-0.2, -0.15) is 0 Å². The molecule has 0 amide bonds. The van der Waals surface area contributed by atoms with E-state index in [9.17, 15) is 0 Å². The van der Waals surface area contributed by atoms with Gasteiger partial charge >= 0.3 is 0 Å². The van der Waals surface area contributed by atoms with Gasteiger partial charge in [-0.25, -0.2) is 0 Å². The number of rotatable bonds is 3. The van der Waals surface area contributed by atoms with Gasteiger partial charge in [0.15, 0.2) is 0 Å². The molecular weight excluding hydrogens is 267 g/mol. The maximum atomic E-state index is 6.25. The highest BCUT2D eigenvalue weighted by molar-refractivity contribution is 6.35. The highest BCUT2D eigenvalue weighted by Crippen LogP contribution is 2.27. The third-order valence-electron chi connectivity index (χ3n) is 3.59. The Morgan fingerprint density at radius 3 is 2.61 bits per heavy atom. The van der Waals surface area contributed by atoms with Crippen LogP contribution in [0.4, 0.5) is 0 Å². The first-order chi connectivity index (χ1) is 8.59. The molecule has 0 aromatic heterocycles. The fourth-order valence-corrected chi connectivity index (χ4v) is 3.02. The van der Waals surface area contributed by atoms with Crippen molar-refractivity contribution >= 4 is 23.2 Å². The molecule has 0 saturated carbocycles. The maximum absolute atomic E-state index is 6.25. The van der Waals surface area contributed by atoms with Crippen molar-refractivity contribution in [2.24, 2.45) is 5.92 Å². The second-order valence-corrected chi connectivity index (χ2v) is 6.00. The molecule has 100 valence electrons. The second kappa shape index (κ2) is 6.25. The van der Waals surface area contributed by atoms with Gasteiger partial charge in [-0.1, -0.05) is 43.1 Å². The molecule has 1 atom stereocenters.